The number of hydrogen-bond donors (Lipinski definition) is 1. The molecular formula is C14H13FN2O5. The summed E-state index contributed by atoms with van der Waals surface area (Å²) < 4.78 is 18.2. The van der Waals surface area contributed by atoms with Gasteiger partial charge in [-0.05, 0) is 6.07 Å². The van der Waals surface area contributed by atoms with Gasteiger partial charge in [0.2, 0.25) is 5.91 Å². The van der Waals surface area contributed by atoms with Crippen LogP contribution in [0.2, 0.25) is 0 Å². The van der Waals surface area contributed by atoms with Gasteiger partial charge in [0.1, 0.15) is 11.4 Å². The molecule has 1 N–H and O–H groups in total. The summed E-state index contributed by atoms with van der Waals surface area (Å²) in [5.74, 6) is 2.93. The number of hydrogen-bond acceptors (Lipinski definition) is 5. The lowest BCUT2D eigenvalue weighted by Crippen LogP contribution is -2.20. The third-order valence-electron chi connectivity index (χ3n) is 2.53. The lowest BCUT2D eigenvalue weighted by molar-refractivity contribution is -0.385. The Morgan fingerprint density at radius 2 is 2.14 bits per heavy atom. The van der Waals surface area contributed by atoms with Crippen molar-refractivity contribution in [1.29, 1.82) is 0 Å². The molecule has 0 saturated carbocycles. The van der Waals surface area contributed by atoms with Crippen LogP contribution in [-0.4, -0.2) is 30.5 Å². The Morgan fingerprint density at radius 3 is 2.68 bits per heavy atom. The van der Waals surface area contributed by atoms with E-state index in [0.29, 0.717) is 0 Å². The van der Waals surface area contributed by atoms with Gasteiger partial charge >= 0.3 is 5.97 Å². The van der Waals surface area contributed by atoms with Gasteiger partial charge in [0.05, 0.1) is 17.6 Å². The second-order valence-electron chi connectivity index (χ2n) is 4.13. The van der Waals surface area contributed by atoms with Crippen molar-refractivity contribution in [3.05, 3.63) is 39.2 Å². The Morgan fingerprint density at radius 1 is 1.45 bits per heavy atom. The Hall–Kier alpha value is -2.95. The van der Waals surface area contributed by atoms with E-state index in [-0.39, 0.29) is 24.4 Å². The predicted octanol–water partition coefficient (Wildman–Crippen LogP) is 1.40. The molecule has 0 aliphatic heterocycles. The van der Waals surface area contributed by atoms with Crippen molar-refractivity contribution in [3.8, 4) is 11.8 Å². The van der Waals surface area contributed by atoms with Gasteiger partial charge in [0.15, 0.2) is 0 Å². The van der Waals surface area contributed by atoms with E-state index in [1.165, 1.54) is 6.92 Å². The van der Waals surface area contributed by atoms with Crippen LogP contribution in [0.15, 0.2) is 12.1 Å². The third kappa shape index (κ3) is 4.56. The number of benzene rings is 1. The predicted molar refractivity (Wildman–Crippen MR) is 74.6 cm³/mol. The van der Waals surface area contributed by atoms with E-state index in [4.69, 9.17) is 0 Å². The lowest BCUT2D eigenvalue weighted by Gasteiger charge is -2.03. The monoisotopic (exact) mass is 308 g/mol. The third-order valence-corrected chi connectivity index (χ3v) is 2.53. The Labute approximate surface area is 125 Å². The highest BCUT2D eigenvalue weighted by Crippen LogP contribution is 2.23. The normalized spacial score (nSPS) is 9.41. The summed E-state index contributed by atoms with van der Waals surface area (Å²) in [4.78, 5) is 32.2. The molecule has 7 nitrogen and oxygen atoms in total. The molecule has 1 aromatic rings. The number of rotatable bonds is 4. The molecule has 1 aromatic carbocycles. The average Bonchev–Trinajstić information content (AvgIpc) is 2.46. The molecule has 0 radical (unpaired) electrons. The zero-order valence-corrected chi connectivity index (χ0v) is 11.9. The van der Waals surface area contributed by atoms with E-state index in [0.717, 1.165) is 19.2 Å². The van der Waals surface area contributed by atoms with Crippen LogP contribution in [-0.2, 0) is 9.53 Å². The highest BCUT2D eigenvalue weighted by Gasteiger charge is 2.23. The van der Waals surface area contributed by atoms with E-state index < -0.39 is 28.0 Å². The largest absolute Gasteiger partial charge is 0.465 e. The molecule has 1 rings (SSSR count). The molecule has 0 aromatic heterocycles. The molecule has 1 amide bonds. The second-order valence-corrected chi connectivity index (χ2v) is 4.13. The van der Waals surface area contributed by atoms with Gasteiger partial charge in [-0.1, -0.05) is 11.8 Å². The highest BCUT2D eigenvalue weighted by molar-refractivity contribution is 5.94. The number of nitro benzene ring substituents is 1. The fourth-order valence-electron chi connectivity index (χ4n) is 1.54. The number of carbonyl (C=O) groups excluding carboxylic acids is 2. The van der Waals surface area contributed by atoms with E-state index in [1.54, 1.807) is 0 Å². The maximum atomic E-state index is 13.8. The van der Waals surface area contributed by atoms with Crippen molar-refractivity contribution >= 4 is 17.6 Å². The van der Waals surface area contributed by atoms with E-state index in [2.05, 4.69) is 21.9 Å². The topological polar surface area (TPSA) is 98.5 Å². The van der Waals surface area contributed by atoms with Gasteiger partial charge < -0.3 is 10.1 Å². The van der Waals surface area contributed by atoms with Crippen LogP contribution >= 0.6 is 0 Å². The smallest absolute Gasteiger partial charge is 0.344 e. The van der Waals surface area contributed by atoms with E-state index in [1.807, 2.05) is 0 Å². The summed E-state index contributed by atoms with van der Waals surface area (Å²) in [6.07, 6.45) is 0.256. The van der Waals surface area contributed by atoms with Crippen LogP contribution in [0.5, 0.6) is 0 Å². The van der Waals surface area contributed by atoms with Crippen molar-refractivity contribution in [2.45, 2.75) is 13.3 Å². The molecule has 0 unspecified atom stereocenters. The Kier molecular flexibility index (Phi) is 6.01. The second kappa shape index (κ2) is 7.73. The van der Waals surface area contributed by atoms with Crippen LogP contribution in [0, 0.1) is 27.8 Å². The minimum atomic E-state index is -1.00. The lowest BCUT2D eigenvalue weighted by atomic mass is 10.1. The first-order chi connectivity index (χ1) is 10.4. The van der Waals surface area contributed by atoms with E-state index in [9.17, 15) is 24.1 Å². The van der Waals surface area contributed by atoms with Crippen LogP contribution in [0.25, 0.3) is 0 Å². The molecule has 0 spiro atoms. The van der Waals surface area contributed by atoms with Gasteiger partial charge in [-0.15, -0.1) is 0 Å². The molecule has 8 heteroatoms. The number of methoxy groups -OCH3 is 1. The number of ether oxygens (including phenoxy) is 1. The minimum Gasteiger partial charge on any atom is -0.465 e. The number of carbonyl (C=O) groups is 2. The van der Waals surface area contributed by atoms with Gasteiger partial charge in [-0.3, -0.25) is 14.9 Å². The van der Waals surface area contributed by atoms with Crippen LogP contribution in [0.4, 0.5) is 10.1 Å². The molecule has 0 aliphatic carbocycles. The summed E-state index contributed by atoms with van der Waals surface area (Å²) in [6, 6.07) is 1.61. The minimum absolute atomic E-state index is 0.206. The summed E-state index contributed by atoms with van der Waals surface area (Å²) in [5.41, 5.74) is -1.27. The molecule has 0 aliphatic rings. The van der Waals surface area contributed by atoms with E-state index >= 15 is 0 Å². The van der Waals surface area contributed by atoms with Crippen LogP contribution < -0.4 is 5.32 Å². The maximum Gasteiger partial charge on any atom is 0.344 e. The van der Waals surface area contributed by atoms with Crippen molar-refractivity contribution < 1.29 is 23.6 Å². The summed E-state index contributed by atoms with van der Waals surface area (Å²) in [7, 11) is 1.04. The highest BCUT2D eigenvalue weighted by atomic mass is 19.1. The zero-order chi connectivity index (χ0) is 16.7. The fraction of sp³-hybridized carbons (Fsp3) is 0.286. The molecule has 0 saturated heterocycles. The molecule has 0 fully saturated rings. The van der Waals surface area contributed by atoms with Crippen molar-refractivity contribution in [1.82, 2.24) is 5.32 Å². The first kappa shape index (κ1) is 17.1. The Balaban J connectivity index is 3.05. The SMILES string of the molecule is COC(=O)c1cc(F)c(C#CCCNC(C)=O)cc1[N+](=O)[O-]. The average molecular weight is 308 g/mol. The molecule has 0 heterocycles. The first-order valence-electron chi connectivity index (χ1n) is 6.16. The number of nitrogens with one attached hydrogen (secondary N) is 1. The fourth-order valence-corrected chi connectivity index (χ4v) is 1.54. The van der Waals surface area contributed by atoms with Gasteiger partial charge in [0, 0.05) is 26.0 Å². The number of nitrogens with zero attached hydrogens (tertiary/aromatic N) is 1. The number of nitro groups is 1. The molecule has 0 bridgehead atoms. The van der Waals surface area contributed by atoms with Gasteiger partial charge in [-0.25, -0.2) is 9.18 Å². The Bertz CT molecular complexity index is 676. The van der Waals surface area contributed by atoms with Gasteiger partial charge in [-0.2, -0.15) is 0 Å². The zero-order valence-electron chi connectivity index (χ0n) is 11.9. The quantitative estimate of drug-likeness (QED) is 0.298. The van der Waals surface area contributed by atoms with Crippen LogP contribution in [0.3, 0.4) is 0 Å². The number of esters is 1. The molecule has 0 atom stereocenters. The summed E-state index contributed by atoms with van der Waals surface area (Å²) in [5, 5.41) is 13.4. The summed E-state index contributed by atoms with van der Waals surface area (Å²) >= 11 is 0. The maximum absolute atomic E-state index is 13.8. The molecule has 22 heavy (non-hydrogen) atoms. The van der Waals surface area contributed by atoms with Crippen molar-refractivity contribution in [3.63, 3.8) is 0 Å². The summed E-state index contributed by atoms with van der Waals surface area (Å²) in [6.45, 7) is 1.63. The van der Waals surface area contributed by atoms with Crippen molar-refractivity contribution in [2.24, 2.45) is 0 Å². The van der Waals surface area contributed by atoms with Crippen molar-refractivity contribution in [2.75, 3.05) is 13.7 Å². The standard InChI is InChI=1S/C14H13FN2O5/c1-9(18)16-6-4-3-5-10-7-13(17(20)21)11(8-12(10)15)14(19)22-2/h7-8H,4,6H2,1-2H3,(H,16,18). The van der Waals surface area contributed by atoms with Crippen LogP contribution in [0.1, 0.15) is 29.3 Å². The first-order valence-corrected chi connectivity index (χ1v) is 6.16. The molecular weight excluding hydrogens is 295 g/mol. The molecule has 116 valence electrons. The number of amides is 1. The van der Waals surface area contributed by atoms with Gasteiger partial charge in [0.25, 0.3) is 5.69 Å². The number of halogens is 1.